The van der Waals surface area contributed by atoms with E-state index in [0.29, 0.717) is 0 Å². The number of para-hydroxylation sites is 1. The minimum Gasteiger partial charge on any atom is -0.324 e. The molecule has 0 aliphatic rings. The molecule has 0 bridgehead atoms. The maximum atomic E-state index is 11.3. The fourth-order valence-electron chi connectivity index (χ4n) is 0.994. The summed E-state index contributed by atoms with van der Waals surface area (Å²) in [6.45, 7) is 1.66. The smallest absolute Gasteiger partial charge is 0.241 e. The van der Waals surface area contributed by atoms with Gasteiger partial charge < -0.3 is 11.1 Å². The highest BCUT2D eigenvalue weighted by Crippen LogP contribution is 2.24. The molecule has 0 fully saturated rings. The van der Waals surface area contributed by atoms with E-state index in [-0.39, 0.29) is 5.91 Å². The molecule has 3 N–H and O–H groups in total. The lowest BCUT2D eigenvalue weighted by molar-refractivity contribution is -0.117. The average molecular weight is 210 g/mol. The van der Waals surface area contributed by atoms with Crippen molar-refractivity contribution in [2.24, 2.45) is 5.73 Å². The molecule has 76 valence electrons. The largest absolute Gasteiger partial charge is 0.324 e. The zero-order valence-electron chi connectivity index (χ0n) is 8.28. The Hall–Kier alpha value is -1.00. The van der Waals surface area contributed by atoms with Gasteiger partial charge in [0.05, 0.1) is 11.7 Å². The number of benzene rings is 1. The number of hydrogen-bond donors (Lipinski definition) is 2. The molecule has 4 heteroatoms. The van der Waals surface area contributed by atoms with Gasteiger partial charge in [-0.1, -0.05) is 12.1 Å². The molecule has 3 nitrogen and oxygen atoms in total. The lowest BCUT2D eigenvalue weighted by atomic mass is 10.3. The Labute approximate surface area is 88.1 Å². The first kappa shape index (κ1) is 11.1. The van der Waals surface area contributed by atoms with Crippen molar-refractivity contribution in [3.8, 4) is 0 Å². The molecule has 0 saturated heterocycles. The normalized spacial score (nSPS) is 12.2. The molecule has 14 heavy (non-hydrogen) atoms. The lowest BCUT2D eigenvalue weighted by Crippen LogP contribution is -2.32. The van der Waals surface area contributed by atoms with Crippen molar-refractivity contribution >= 4 is 23.4 Å². The third-order valence-corrected chi connectivity index (χ3v) is 2.57. The predicted molar refractivity (Wildman–Crippen MR) is 60.5 cm³/mol. The Morgan fingerprint density at radius 3 is 2.71 bits per heavy atom. The van der Waals surface area contributed by atoms with Crippen LogP contribution in [0.15, 0.2) is 29.2 Å². The molecule has 1 aromatic rings. The summed E-state index contributed by atoms with van der Waals surface area (Å²) in [5.74, 6) is -0.161. The van der Waals surface area contributed by atoms with Gasteiger partial charge in [-0.3, -0.25) is 4.79 Å². The van der Waals surface area contributed by atoms with E-state index in [0.717, 1.165) is 10.6 Å². The van der Waals surface area contributed by atoms with Gasteiger partial charge in [0.1, 0.15) is 0 Å². The quantitative estimate of drug-likeness (QED) is 0.746. The maximum Gasteiger partial charge on any atom is 0.241 e. The van der Waals surface area contributed by atoms with Crippen LogP contribution in [0.5, 0.6) is 0 Å². The van der Waals surface area contributed by atoms with Crippen molar-refractivity contribution in [1.29, 1.82) is 0 Å². The minimum absolute atomic E-state index is 0.161. The Kier molecular flexibility index (Phi) is 3.98. The van der Waals surface area contributed by atoms with Crippen LogP contribution in [-0.4, -0.2) is 18.2 Å². The van der Waals surface area contributed by atoms with Crippen LogP contribution in [0.25, 0.3) is 0 Å². The number of rotatable bonds is 3. The van der Waals surface area contributed by atoms with Gasteiger partial charge in [0, 0.05) is 4.90 Å². The third-order valence-electron chi connectivity index (χ3n) is 1.78. The number of nitrogens with two attached hydrogens (primary N) is 1. The Balaban J connectivity index is 2.80. The summed E-state index contributed by atoms with van der Waals surface area (Å²) >= 11 is 1.59. The summed E-state index contributed by atoms with van der Waals surface area (Å²) in [4.78, 5) is 12.4. The van der Waals surface area contributed by atoms with Crippen molar-refractivity contribution in [1.82, 2.24) is 0 Å². The standard InChI is InChI=1S/C10H14N2OS/c1-7(11)10(13)12-8-5-3-4-6-9(8)14-2/h3-7H,11H2,1-2H3,(H,12,13)/t7-/m0/s1. The molecule has 0 aliphatic carbocycles. The second kappa shape index (κ2) is 5.02. The molecule has 1 atom stereocenters. The Bertz CT molecular complexity index is 326. The highest BCUT2D eigenvalue weighted by Gasteiger charge is 2.09. The SMILES string of the molecule is CSc1ccccc1NC(=O)[C@H](C)N. The van der Waals surface area contributed by atoms with E-state index in [4.69, 9.17) is 5.73 Å². The second-order valence-corrected chi connectivity index (χ2v) is 3.83. The lowest BCUT2D eigenvalue weighted by Gasteiger charge is -2.10. The van der Waals surface area contributed by atoms with E-state index in [1.165, 1.54) is 0 Å². The molecule has 0 spiro atoms. The zero-order chi connectivity index (χ0) is 10.6. The van der Waals surface area contributed by atoms with E-state index in [1.54, 1.807) is 18.7 Å². The Morgan fingerprint density at radius 2 is 2.14 bits per heavy atom. The molecule has 0 unspecified atom stereocenters. The van der Waals surface area contributed by atoms with Gasteiger partial charge in [-0.15, -0.1) is 11.8 Å². The van der Waals surface area contributed by atoms with Crippen LogP contribution in [-0.2, 0) is 4.79 Å². The summed E-state index contributed by atoms with van der Waals surface area (Å²) in [5, 5.41) is 2.78. The van der Waals surface area contributed by atoms with Crippen molar-refractivity contribution in [3.05, 3.63) is 24.3 Å². The fraction of sp³-hybridized carbons (Fsp3) is 0.300. The number of amides is 1. The van der Waals surface area contributed by atoms with Gasteiger partial charge >= 0.3 is 0 Å². The number of anilines is 1. The molecule has 1 aromatic carbocycles. The van der Waals surface area contributed by atoms with Crippen molar-refractivity contribution < 1.29 is 4.79 Å². The highest BCUT2D eigenvalue weighted by atomic mass is 32.2. The van der Waals surface area contributed by atoms with E-state index < -0.39 is 6.04 Å². The summed E-state index contributed by atoms with van der Waals surface area (Å²) < 4.78 is 0. The molecule has 0 radical (unpaired) electrons. The van der Waals surface area contributed by atoms with Crippen molar-refractivity contribution in [2.75, 3.05) is 11.6 Å². The van der Waals surface area contributed by atoms with Crippen LogP contribution in [0, 0.1) is 0 Å². The van der Waals surface area contributed by atoms with Crippen molar-refractivity contribution in [3.63, 3.8) is 0 Å². The van der Waals surface area contributed by atoms with Gasteiger partial charge in [-0.2, -0.15) is 0 Å². The van der Waals surface area contributed by atoms with Gasteiger partial charge in [0.2, 0.25) is 5.91 Å². The molecule has 0 heterocycles. The first-order chi connectivity index (χ1) is 6.65. The summed E-state index contributed by atoms with van der Waals surface area (Å²) in [5.41, 5.74) is 6.28. The predicted octanol–water partition coefficient (Wildman–Crippen LogP) is 1.69. The molecule has 0 saturated carbocycles. The number of hydrogen-bond acceptors (Lipinski definition) is 3. The second-order valence-electron chi connectivity index (χ2n) is 2.98. The molecular formula is C10H14N2OS. The van der Waals surface area contributed by atoms with Crippen LogP contribution in [0.4, 0.5) is 5.69 Å². The van der Waals surface area contributed by atoms with Crippen LogP contribution < -0.4 is 11.1 Å². The van der Waals surface area contributed by atoms with Crippen LogP contribution in [0.3, 0.4) is 0 Å². The Morgan fingerprint density at radius 1 is 1.50 bits per heavy atom. The minimum atomic E-state index is -0.482. The van der Waals surface area contributed by atoms with E-state index in [1.807, 2.05) is 30.5 Å². The van der Waals surface area contributed by atoms with Gasteiger partial charge in [0.15, 0.2) is 0 Å². The summed E-state index contributed by atoms with van der Waals surface area (Å²) in [6.07, 6.45) is 1.97. The monoisotopic (exact) mass is 210 g/mol. The zero-order valence-corrected chi connectivity index (χ0v) is 9.10. The first-order valence-electron chi connectivity index (χ1n) is 4.34. The van der Waals surface area contributed by atoms with E-state index in [9.17, 15) is 4.79 Å². The van der Waals surface area contributed by atoms with Crippen molar-refractivity contribution in [2.45, 2.75) is 17.9 Å². The average Bonchev–Trinajstić information content (AvgIpc) is 2.18. The van der Waals surface area contributed by atoms with E-state index in [2.05, 4.69) is 5.32 Å². The first-order valence-corrected chi connectivity index (χ1v) is 5.57. The summed E-state index contributed by atoms with van der Waals surface area (Å²) in [7, 11) is 0. The van der Waals surface area contributed by atoms with Gasteiger partial charge in [-0.25, -0.2) is 0 Å². The number of nitrogens with one attached hydrogen (secondary N) is 1. The highest BCUT2D eigenvalue weighted by molar-refractivity contribution is 7.98. The number of carbonyl (C=O) groups is 1. The van der Waals surface area contributed by atoms with Crippen LogP contribution >= 0.6 is 11.8 Å². The van der Waals surface area contributed by atoms with Crippen LogP contribution in [0.1, 0.15) is 6.92 Å². The maximum absolute atomic E-state index is 11.3. The number of thioether (sulfide) groups is 1. The number of carbonyl (C=O) groups excluding carboxylic acids is 1. The molecule has 1 rings (SSSR count). The molecule has 0 aromatic heterocycles. The third kappa shape index (κ3) is 2.75. The van der Waals surface area contributed by atoms with Crippen LogP contribution in [0.2, 0.25) is 0 Å². The fourth-order valence-corrected chi connectivity index (χ4v) is 1.55. The molecule has 0 aliphatic heterocycles. The van der Waals surface area contributed by atoms with E-state index >= 15 is 0 Å². The van der Waals surface area contributed by atoms with Gasteiger partial charge in [0.25, 0.3) is 0 Å². The molecular weight excluding hydrogens is 196 g/mol. The molecule has 1 amide bonds. The summed E-state index contributed by atoms with van der Waals surface area (Å²) in [6, 6.07) is 7.17. The topological polar surface area (TPSA) is 55.1 Å². The van der Waals surface area contributed by atoms with Gasteiger partial charge in [-0.05, 0) is 25.3 Å².